The van der Waals surface area contributed by atoms with Gasteiger partial charge in [-0.25, -0.2) is 4.39 Å². The van der Waals surface area contributed by atoms with Crippen molar-refractivity contribution >= 4 is 22.7 Å². The van der Waals surface area contributed by atoms with Crippen LogP contribution in [0, 0.1) is 0 Å². The number of halogens is 1. The number of hydrogen-bond acceptors (Lipinski definition) is 3. The minimum Gasteiger partial charge on any atom is -0.368 e. The summed E-state index contributed by atoms with van der Waals surface area (Å²) < 4.78 is 13.5. The van der Waals surface area contributed by atoms with E-state index in [0.717, 1.165) is 4.90 Å². The standard InChI is InChI=1S/C13H13FN4O2/c14-7-5-10(12(15)19)18(6-7)13(20)11-8-3-1-2-4-9(8)16-17-11/h1-4,7,10H,5-6H2,(H2,15,19)(H,16,17)/t7-,10+/m1/s1. The summed E-state index contributed by atoms with van der Waals surface area (Å²) in [6.45, 7) is -0.131. The Balaban J connectivity index is 1.98. The van der Waals surface area contributed by atoms with Gasteiger partial charge in [-0.05, 0) is 6.07 Å². The zero-order valence-electron chi connectivity index (χ0n) is 10.5. The quantitative estimate of drug-likeness (QED) is 0.841. The average molecular weight is 276 g/mol. The van der Waals surface area contributed by atoms with E-state index in [4.69, 9.17) is 5.73 Å². The number of carbonyl (C=O) groups excluding carboxylic acids is 2. The van der Waals surface area contributed by atoms with E-state index in [0.29, 0.717) is 10.9 Å². The number of amides is 2. The second-order valence-corrected chi connectivity index (χ2v) is 4.83. The van der Waals surface area contributed by atoms with Gasteiger partial charge in [0, 0.05) is 11.8 Å². The van der Waals surface area contributed by atoms with Gasteiger partial charge in [0.2, 0.25) is 5.91 Å². The number of likely N-dealkylation sites (tertiary alicyclic amines) is 1. The van der Waals surface area contributed by atoms with Crippen LogP contribution in [-0.4, -0.2) is 45.7 Å². The molecule has 2 amide bonds. The number of primary amides is 1. The summed E-state index contributed by atoms with van der Waals surface area (Å²) in [6, 6.07) is 6.21. The van der Waals surface area contributed by atoms with Crippen LogP contribution >= 0.6 is 0 Å². The van der Waals surface area contributed by atoms with E-state index in [1.54, 1.807) is 18.2 Å². The Morgan fingerprint density at radius 3 is 2.90 bits per heavy atom. The minimum atomic E-state index is -1.23. The van der Waals surface area contributed by atoms with Crippen LogP contribution in [0.4, 0.5) is 4.39 Å². The number of fused-ring (bicyclic) bond motifs is 1. The third kappa shape index (κ3) is 1.91. The number of nitrogens with zero attached hydrogens (tertiary/aromatic N) is 2. The Morgan fingerprint density at radius 1 is 1.40 bits per heavy atom. The number of rotatable bonds is 2. The van der Waals surface area contributed by atoms with Gasteiger partial charge < -0.3 is 10.6 Å². The summed E-state index contributed by atoms with van der Waals surface area (Å²) in [5.41, 5.74) is 6.12. The van der Waals surface area contributed by atoms with Crippen LogP contribution in [0.5, 0.6) is 0 Å². The highest BCUT2D eigenvalue weighted by atomic mass is 19.1. The first kappa shape index (κ1) is 12.6. The molecule has 2 atom stereocenters. The summed E-state index contributed by atoms with van der Waals surface area (Å²) in [6.07, 6.45) is -1.29. The van der Waals surface area contributed by atoms with E-state index >= 15 is 0 Å². The molecule has 0 aliphatic carbocycles. The molecule has 7 heteroatoms. The van der Waals surface area contributed by atoms with Gasteiger partial charge >= 0.3 is 0 Å². The number of aromatic amines is 1. The number of hydrogen-bond donors (Lipinski definition) is 2. The van der Waals surface area contributed by atoms with Gasteiger partial charge in [-0.15, -0.1) is 0 Å². The van der Waals surface area contributed by atoms with E-state index in [9.17, 15) is 14.0 Å². The fourth-order valence-corrected chi connectivity index (χ4v) is 2.54. The lowest BCUT2D eigenvalue weighted by atomic mass is 10.1. The highest BCUT2D eigenvalue weighted by molar-refractivity contribution is 6.06. The zero-order chi connectivity index (χ0) is 14.3. The monoisotopic (exact) mass is 276 g/mol. The summed E-state index contributed by atoms with van der Waals surface area (Å²) in [5, 5.41) is 7.35. The van der Waals surface area contributed by atoms with Crippen molar-refractivity contribution in [2.45, 2.75) is 18.6 Å². The van der Waals surface area contributed by atoms with Gasteiger partial charge in [-0.3, -0.25) is 14.7 Å². The summed E-state index contributed by atoms with van der Waals surface area (Å²) in [7, 11) is 0. The Hall–Kier alpha value is -2.44. The highest BCUT2D eigenvalue weighted by Gasteiger charge is 2.40. The van der Waals surface area contributed by atoms with Gasteiger partial charge in [0.25, 0.3) is 5.91 Å². The van der Waals surface area contributed by atoms with Gasteiger partial charge in [0.1, 0.15) is 12.2 Å². The smallest absolute Gasteiger partial charge is 0.275 e. The van der Waals surface area contributed by atoms with Gasteiger partial charge in [-0.2, -0.15) is 5.10 Å². The molecule has 3 rings (SSSR count). The molecule has 0 radical (unpaired) electrons. The van der Waals surface area contributed by atoms with Crippen molar-refractivity contribution in [1.82, 2.24) is 15.1 Å². The molecule has 20 heavy (non-hydrogen) atoms. The van der Waals surface area contributed by atoms with Crippen LogP contribution in [0.25, 0.3) is 10.9 Å². The maximum Gasteiger partial charge on any atom is 0.275 e. The molecule has 6 nitrogen and oxygen atoms in total. The number of nitrogens with one attached hydrogen (secondary N) is 1. The minimum absolute atomic E-state index is 0.0522. The molecule has 2 aromatic rings. The summed E-state index contributed by atoms with van der Waals surface area (Å²) in [5.74, 6) is -1.18. The summed E-state index contributed by atoms with van der Waals surface area (Å²) >= 11 is 0. The van der Waals surface area contributed by atoms with Crippen LogP contribution in [0.2, 0.25) is 0 Å². The molecule has 1 aliphatic heterocycles. The van der Waals surface area contributed by atoms with Crippen LogP contribution in [0.3, 0.4) is 0 Å². The maximum atomic E-state index is 13.5. The molecule has 104 valence electrons. The van der Waals surface area contributed by atoms with Gasteiger partial charge in [-0.1, -0.05) is 18.2 Å². The number of H-pyrrole nitrogens is 1. The molecule has 1 aromatic carbocycles. The maximum absolute atomic E-state index is 13.5. The van der Waals surface area contributed by atoms with Crippen LogP contribution in [0.15, 0.2) is 24.3 Å². The predicted octanol–water partition coefficient (Wildman–Crippen LogP) is 0.601. The molecule has 0 bridgehead atoms. The molecule has 1 saturated heterocycles. The molecule has 1 aliphatic rings. The summed E-state index contributed by atoms with van der Waals surface area (Å²) in [4.78, 5) is 24.9. The third-order valence-corrected chi connectivity index (χ3v) is 3.51. The molecule has 0 spiro atoms. The van der Waals surface area contributed by atoms with Crippen LogP contribution in [-0.2, 0) is 4.79 Å². The highest BCUT2D eigenvalue weighted by Crippen LogP contribution is 2.24. The van der Waals surface area contributed by atoms with Gasteiger partial charge in [0.05, 0.1) is 12.1 Å². The molecular weight excluding hydrogens is 263 g/mol. The Kier molecular flexibility index (Phi) is 2.89. The third-order valence-electron chi connectivity index (χ3n) is 3.51. The number of para-hydroxylation sites is 1. The second-order valence-electron chi connectivity index (χ2n) is 4.83. The first-order valence-corrected chi connectivity index (χ1v) is 6.25. The molecular formula is C13H13FN4O2. The Bertz CT molecular complexity index is 684. The fraction of sp³-hybridized carbons (Fsp3) is 0.308. The first-order valence-electron chi connectivity index (χ1n) is 6.25. The second kappa shape index (κ2) is 4.59. The van der Waals surface area contributed by atoms with E-state index in [1.165, 1.54) is 0 Å². The van der Waals surface area contributed by atoms with E-state index in [1.807, 2.05) is 6.07 Å². The van der Waals surface area contributed by atoms with Gasteiger partial charge in [0.15, 0.2) is 5.69 Å². The normalized spacial score (nSPS) is 22.4. The van der Waals surface area contributed by atoms with Crippen LogP contribution < -0.4 is 5.73 Å². The SMILES string of the molecule is NC(=O)[C@@H]1C[C@@H](F)CN1C(=O)c1n[nH]c2ccccc12. The van der Waals surface area contributed by atoms with Crippen molar-refractivity contribution in [1.29, 1.82) is 0 Å². The van der Waals surface area contributed by atoms with Crippen molar-refractivity contribution in [3.05, 3.63) is 30.0 Å². The Labute approximate surface area is 113 Å². The van der Waals surface area contributed by atoms with E-state index in [-0.39, 0.29) is 18.7 Å². The first-order chi connectivity index (χ1) is 9.58. The average Bonchev–Trinajstić information content (AvgIpc) is 3.01. The Morgan fingerprint density at radius 2 is 2.15 bits per heavy atom. The molecule has 0 unspecified atom stereocenters. The number of alkyl halides is 1. The number of carbonyl (C=O) groups is 2. The number of benzene rings is 1. The van der Waals surface area contributed by atoms with E-state index < -0.39 is 24.0 Å². The lowest BCUT2D eigenvalue weighted by Gasteiger charge is -2.20. The lowest BCUT2D eigenvalue weighted by Crippen LogP contribution is -2.43. The van der Waals surface area contributed by atoms with Crippen molar-refractivity contribution in [2.24, 2.45) is 5.73 Å². The number of nitrogens with two attached hydrogens (primary N) is 1. The topological polar surface area (TPSA) is 92.1 Å². The molecule has 1 aromatic heterocycles. The van der Waals surface area contributed by atoms with Crippen molar-refractivity contribution in [2.75, 3.05) is 6.54 Å². The van der Waals surface area contributed by atoms with Crippen LogP contribution in [0.1, 0.15) is 16.9 Å². The van der Waals surface area contributed by atoms with Crippen molar-refractivity contribution < 1.29 is 14.0 Å². The zero-order valence-corrected chi connectivity index (χ0v) is 10.5. The lowest BCUT2D eigenvalue weighted by molar-refractivity contribution is -0.121. The molecule has 1 fully saturated rings. The van der Waals surface area contributed by atoms with Crippen molar-refractivity contribution in [3.8, 4) is 0 Å². The van der Waals surface area contributed by atoms with E-state index in [2.05, 4.69) is 10.2 Å². The fourth-order valence-electron chi connectivity index (χ4n) is 2.54. The largest absolute Gasteiger partial charge is 0.368 e. The predicted molar refractivity (Wildman–Crippen MR) is 69.6 cm³/mol. The molecule has 0 saturated carbocycles. The molecule has 3 N–H and O–H groups in total. The molecule has 2 heterocycles. The number of aromatic nitrogens is 2. The van der Waals surface area contributed by atoms with Crippen molar-refractivity contribution in [3.63, 3.8) is 0 Å².